The molecule has 1 aromatic heterocycles. The Hall–Kier alpha value is -1.50. The molecule has 0 unspecified atom stereocenters. The molecule has 6 heteroatoms. The van der Waals surface area contributed by atoms with Gasteiger partial charge in [-0.1, -0.05) is 36.8 Å². The second-order valence-electron chi connectivity index (χ2n) is 6.48. The minimum absolute atomic E-state index is 0.0938. The van der Waals surface area contributed by atoms with E-state index >= 15 is 0 Å². The van der Waals surface area contributed by atoms with Gasteiger partial charge in [0.15, 0.2) is 5.78 Å². The Labute approximate surface area is 153 Å². The number of hydrogen-bond acceptors (Lipinski definition) is 4. The molecular formula is C19H23NO3S2. The topological polar surface area (TPSA) is 54.5 Å². The van der Waals surface area contributed by atoms with Crippen molar-refractivity contribution < 1.29 is 13.2 Å². The molecule has 1 aliphatic heterocycles. The predicted molar refractivity (Wildman–Crippen MR) is 101 cm³/mol. The molecule has 134 valence electrons. The number of nitrogens with zero attached hydrogens (tertiary/aromatic N) is 1. The summed E-state index contributed by atoms with van der Waals surface area (Å²) in [6.07, 6.45) is 2.00. The van der Waals surface area contributed by atoms with E-state index in [1.54, 1.807) is 6.07 Å². The van der Waals surface area contributed by atoms with Gasteiger partial charge in [-0.05, 0) is 38.3 Å². The molecule has 1 fully saturated rings. The van der Waals surface area contributed by atoms with Gasteiger partial charge in [-0.2, -0.15) is 4.31 Å². The second-order valence-corrected chi connectivity index (χ2v) is 9.82. The number of rotatable bonds is 5. The Morgan fingerprint density at radius 2 is 1.76 bits per heavy atom. The first kappa shape index (κ1) is 18.3. The van der Waals surface area contributed by atoms with Crippen LogP contribution in [0.3, 0.4) is 0 Å². The molecule has 0 spiro atoms. The first-order valence-corrected chi connectivity index (χ1v) is 10.9. The third kappa shape index (κ3) is 3.86. The van der Waals surface area contributed by atoms with Crippen LogP contribution in [0.2, 0.25) is 0 Å². The first-order chi connectivity index (χ1) is 11.9. The zero-order valence-electron chi connectivity index (χ0n) is 14.6. The van der Waals surface area contributed by atoms with E-state index in [0.717, 1.165) is 22.4 Å². The summed E-state index contributed by atoms with van der Waals surface area (Å²) in [5.74, 6) is 0.0325. The summed E-state index contributed by atoms with van der Waals surface area (Å²) in [6, 6.07) is 11.2. The number of carbonyl (C=O) groups excluding carboxylic acids is 1. The van der Waals surface area contributed by atoms with Crippen molar-refractivity contribution in [3.63, 3.8) is 0 Å². The van der Waals surface area contributed by atoms with Crippen molar-refractivity contribution in [1.82, 2.24) is 4.31 Å². The Kier molecular flexibility index (Phi) is 5.41. The minimum atomic E-state index is -3.43. The second kappa shape index (κ2) is 7.40. The highest BCUT2D eigenvalue weighted by atomic mass is 32.2. The summed E-state index contributed by atoms with van der Waals surface area (Å²) < 4.78 is 27.4. The molecule has 3 rings (SSSR count). The van der Waals surface area contributed by atoms with E-state index in [2.05, 4.69) is 0 Å². The largest absolute Gasteiger partial charge is 0.294 e. The molecular weight excluding hydrogens is 354 g/mol. The molecule has 0 radical (unpaired) electrons. The SMILES string of the molecule is CCc1ccc(S(=O)(=O)N2CCC(C(=O)c3ccc(C)cc3)CC2)s1. The lowest BCUT2D eigenvalue weighted by Crippen LogP contribution is -2.40. The summed E-state index contributed by atoms with van der Waals surface area (Å²) in [6.45, 7) is 4.82. The number of hydrogen-bond donors (Lipinski definition) is 0. The molecule has 0 saturated carbocycles. The zero-order chi connectivity index (χ0) is 18.0. The van der Waals surface area contributed by atoms with Gasteiger partial charge in [-0.15, -0.1) is 11.3 Å². The van der Waals surface area contributed by atoms with Gasteiger partial charge in [0.05, 0.1) is 0 Å². The lowest BCUT2D eigenvalue weighted by atomic mass is 9.89. The smallest absolute Gasteiger partial charge is 0.252 e. The maximum absolute atomic E-state index is 12.8. The molecule has 25 heavy (non-hydrogen) atoms. The number of aryl methyl sites for hydroxylation is 2. The summed E-state index contributed by atoms with van der Waals surface area (Å²) in [4.78, 5) is 13.7. The van der Waals surface area contributed by atoms with Crippen LogP contribution in [0.4, 0.5) is 0 Å². The van der Waals surface area contributed by atoms with Crippen molar-refractivity contribution in [2.24, 2.45) is 5.92 Å². The van der Waals surface area contributed by atoms with Crippen molar-refractivity contribution in [1.29, 1.82) is 0 Å². The quantitative estimate of drug-likeness (QED) is 0.743. The maximum Gasteiger partial charge on any atom is 0.252 e. The number of ketones is 1. The van der Waals surface area contributed by atoms with Gasteiger partial charge in [-0.3, -0.25) is 4.79 Å². The van der Waals surface area contributed by atoms with E-state index in [9.17, 15) is 13.2 Å². The fourth-order valence-corrected chi connectivity index (χ4v) is 6.05. The predicted octanol–water partition coefficient (Wildman–Crippen LogP) is 3.90. The highest BCUT2D eigenvalue weighted by Crippen LogP contribution is 2.29. The normalized spacial score (nSPS) is 16.9. The van der Waals surface area contributed by atoms with E-state index in [4.69, 9.17) is 0 Å². The molecule has 1 aliphatic rings. The summed E-state index contributed by atoms with van der Waals surface area (Å²) in [7, 11) is -3.43. The van der Waals surface area contributed by atoms with Crippen LogP contribution < -0.4 is 0 Å². The molecule has 0 N–H and O–H groups in total. The van der Waals surface area contributed by atoms with Gasteiger partial charge in [0.2, 0.25) is 0 Å². The molecule has 0 aliphatic carbocycles. The van der Waals surface area contributed by atoms with Crippen molar-refractivity contribution in [2.75, 3.05) is 13.1 Å². The lowest BCUT2D eigenvalue weighted by molar-refractivity contribution is 0.0875. The van der Waals surface area contributed by atoms with Gasteiger partial charge in [0.25, 0.3) is 10.0 Å². The van der Waals surface area contributed by atoms with Crippen LogP contribution in [0.15, 0.2) is 40.6 Å². The van der Waals surface area contributed by atoms with Gasteiger partial charge in [-0.25, -0.2) is 8.42 Å². The van der Waals surface area contributed by atoms with E-state index < -0.39 is 10.0 Å². The highest BCUT2D eigenvalue weighted by Gasteiger charge is 2.33. The third-order valence-corrected chi connectivity index (χ3v) is 8.34. The number of piperidine rings is 1. The van der Waals surface area contributed by atoms with E-state index in [-0.39, 0.29) is 11.7 Å². The zero-order valence-corrected chi connectivity index (χ0v) is 16.2. The molecule has 2 heterocycles. The maximum atomic E-state index is 12.8. The number of Topliss-reactive ketones (excluding diaryl/α,β-unsaturated/α-hetero) is 1. The molecule has 1 aromatic carbocycles. The van der Waals surface area contributed by atoms with Crippen LogP contribution in [-0.4, -0.2) is 31.6 Å². The first-order valence-electron chi connectivity index (χ1n) is 8.61. The molecule has 0 amide bonds. The Morgan fingerprint density at radius 1 is 1.12 bits per heavy atom. The minimum Gasteiger partial charge on any atom is -0.294 e. The van der Waals surface area contributed by atoms with Crippen LogP contribution in [-0.2, 0) is 16.4 Å². The van der Waals surface area contributed by atoms with E-state index in [0.29, 0.717) is 30.1 Å². The fraction of sp³-hybridized carbons (Fsp3) is 0.421. The van der Waals surface area contributed by atoms with Crippen LogP contribution in [0.1, 0.15) is 40.6 Å². The van der Waals surface area contributed by atoms with Crippen LogP contribution in [0.5, 0.6) is 0 Å². The van der Waals surface area contributed by atoms with Crippen molar-refractivity contribution in [3.8, 4) is 0 Å². The van der Waals surface area contributed by atoms with Gasteiger partial charge in [0, 0.05) is 29.4 Å². The molecule has 4 nitrogen and oxygen atoms in total. The average molecular weight is 378 g/mol. The standard InChI is InChI=1S/C19H23NO3S2/c1-3-17-8-9-18(24-17)25(22,23)20-12-10-16(11-13-20)19(21)15-6-4-14(2)5-7-15/h4-9,16H,3,10-13H2,1-2H3. The molecule has 0 atom stereocenters. The van der Waals surface area contributed by atoms with Gasteiger partial charge < -0.3 is 0 Å². The lowest BCUT2D eigenvalue weighted by Gasteiger charge is -2.30. The van der Waals surface area contributed by atoms with Gasteiger partial charge >= 0.3 is 0 Å². The summed E-state index contributed by atoms with van der Waals surface area (Å²) >= 11 is 1.34. The summed E-state index contributed by atoms with van der Waals surface area (Å²) in [5.41, 5.74) is 1.85. The van der Waals surface area contributed by atoms with Crippen LogP contribution >= 0.6 is 11.3 Å². The van der Waals surface area contributed by atoms with E-state index in [1.807, 2.05) is 44.2 Å². The highest BCUT2D eigenvalue weighted by molar-refractivity contribution is 7.91. The Balaban J connectivity index is 1.67. The Morgan fingerprint density at radius 3 is 2.32 bits per heavy atom. The number of benzene rings is 1. The summed E-state index contributed by atoms with van der Waals surface area (Å²) in [5, 5.41) is 0. The number of sulfonamides is 1. The van der Waals surface area contributed by atoms with E-state index in [1.165, 1.54) is 15.6 Å². The molecule has 0 bridgehead atoms. The number of carbonyl (C=O) groups is 1. The fourth-order valence-electron chi connectivity index (χ4n) is 3.13. The average Bonchev–Trinajstić information content (AvgIpc) is 3.12. The van der Waals surface area contributed by atoms with Crippen LogP contribution in [0, 0.1) is 12.8 Å². The van der Waals surface area contributed by atoms with Crippen LogP contribution in [0.25, 0.3) is 0 Å². The molecule has 2 aromatic rings. The Bertz CT molecular complexity index is 845. The van der Waals surface area contributed by atoms with Gasteiger partial charge in [0.1, 0.15) is 4.21 Å². The molecule has 1 saturated heterocycles. The third-order valence-electron chi connectivity index (χ3n) is 4.74. The van der Waals surface area contributed by atoms with Crippen molar-refractivity contribution >= 4 is 27.1 Å². The van der Waals surface area contributed by atoms with Crippen molar-refractivity contribution in [3.05, 3.63) is 52.4 Å². The monoisotopic (exact) mass is 377 g/mol. The number of thiophene rings is 1. The van der Waals surface area contributed by atoms with Crippen molar-refractivity contribution in [2.45, 2.75) is 37.3 Å².